The van der Waals surface area contributed by atoms with Gasteiger partial charge >= 0.3 is 5.97 Å². The van der Waals surface area contributed by atoms with Crippen LogP contribution in [0.3, 0.4) is 0 Å². The number of carboxylic acids is 1. The molecule has 3 unspecified atom stereocenters. The van der Waals surface area contributed by atoms with Crippen LogP contribution in [0, 0.1) is 0 Å². The molecule has 0 radical (unpaired) electrons. The van der Waals surface area contributed by atoms with Gasteiger partial charge in [-0.25, -0.2) is 4.79 Å². The van der Waals surface area contributed by atoms with E-state index in [-0.39, 0.29) is 24.9 Å². The first-order valence-corrected chi connectivity index (χ1v) is 10.2. The van der Waals surface area contributed by atoms with Crippen molar-refractivity contribution in [2.75, 3.05) is 25.1 Å². The molecule has 1 saturated heterocycles. The molecule has 0 spiro atoms. The minimum Gasteiger partial charge on any atom is -0.480 e. The number of thioether (sulfide) groups is 1. The van der Waals surface area contributed by atoms with Crippen LogP contribution in [0.4, 0.5) is 0 Å². The Balaban J connectivity index is 2.60. The number of carbonyl (C=O) groups is 5. The molecule has 1 heterocycles. The van der Waals surface area contributed by atoms with Crippen LogP contribution in [-0.2, 0) is 24.0 Å². The molecule has 4 amide bonds. The molecule has 11 nitrogen and oxygen atoms in total. The number of carbonyl (C=O) groups excluding carboxylic acids is 4. The van der Waals surface area contributed by atoms with E-state index in [1.807, 2.05) is 6.26 Å². The fourth-order valence-corrected chi connectivity index (χ4v) is 3.09. The average molecular weight is 417 g/mol. The standard InChI is InChI=1S/C16H27N5O6S/c1-28-6-4-10(15(25)21-11(16(26)27)7-12(17)22)20-13(23)8-19-14(24)9-3-2-5-18-9/h9-11,18H,2-8H2,1H3,(H2,17,22)(H,19,24)(H,20,23)(H,21,25)(H,26,27). The van der Waals surface area contributed by atoms with Gasteiger partial charge < -0.3 is 32.1 Å². The lowest BCUT2D eigenvalue weighted by Crippen LogP contribution is -2.54. The first-order valence-electron chi connectivity index (χ1n) is 8.85. The zero-order chi connectivity index (χ0) is 21.1. The minimum atomic E-state index is -1.48. The lowest BCUT2D eigenvalue weighted by atomic mass is 10.1. The predicted octanol–water partition coefficient (Wildman–Crippen LogP) is -2.46. The molecule has 1 fully saturated rings. The third kappa shape index (κ3) is 8.57. The van der Waals surface area contributed by atoms with Crippen molar-refractivity contribution >= 4 is 41.4 Å². The molecule has 0 saturated carbocycles. The van der Waals surface area contributed by atoms with Gasteiger partial charge in [-0.15, -0.1) is 0 Å². The molecule has 1 aliphatic rings. The van der Waals surface area contributed by atoms with Gasteiger partial charge in [-0.05, 0) is 37.8 Å². The van der Waals surface area contributed by atoms with E-state index in [1.165, 1.54) is 11.8 Å². The summed E-state index contributed by atoms with van der Waals surface area (Å²) in [6.07, 6.45) is 3.09. The van der Waals surface area contributed by atoms with Crippen molar-refractivity contribution in [3.63, 3.8) is 0 Å². The van der Waals surface area contributed by atoms with Crippen LogP contribution < -0.4 is 27.0 Å². The lowest BCUT2D eigenvalue weighted by molar-refractivity contribution is -0.143. The molecule has 12 heteroatoms. The van der Waals surface area contributed by atoms with Crippen LogP contribution in [0.15, 0.2) is 0 Å². The smallest absolute Gasteiger partial charge is 0.326 e. The first kappa shape index (κ1) is 23.7. The number of nitrogens with one attached hydrogen (secondary N) is 4. The number of nitrogens with two attached hydrogens (primary N) is 1. The normalized spacial score (nSPS) is 18.0. The highest BCUT2D eigenvalue weighted by atomic mass is 32.2. The van der Waals surface area contributed by atoms with Gasteiger partial charge in [0.2, 0.25) is 23.6 Å². The van der Waals surface area contributed by atoms with E-state index in [1.54, 1.807) is 0 Å². The fourth-order valence-electron chi connectivity index (χ4n) is 2.62. The Morgan fingerprint density at radius 1 is 1.21 bits per heavy atom. The summed E-state index contributed by atoms with van der Waals surface area (Å²) in [7, 11) is 0. The number of hydrogen-bond donors (Lipinski definition) is 6. The molecule has 1 rings (SSSR count). The molecule has 0 bridgehead atoms. The van der Waals surface area contributed by atoms with Crippen molar-refractivity contribution in [1.29, 1.82) is 0 Å². The highest BCUT2D eigenvalue weighted by Gasteiger charge is 2.28. The lowest BCUT2D eigenvalue weighted by Gasteiger charge is -2.21. The molecular weight excluding hydrogens is 390 g/mol. The van der Waals surface area contributed by atoms with Gasteiger partial charge in [-0.1, -0.05) is 0 Å². The molecule has 0 aromatic carbocycles. The quantitative estimate of drug-likeness (QED) is 0.202. The molecule has 3 atom stereocenters. The second kappa shape index (κ2) is 12.2. The van der Waals surface area contributed by atoms with E-state index in [0.717, 1.165) is 13.0 Å². The predicted molar refractivity (Wildman–Crippen MR) is 102 cm³/mol. The topological polar surface area (TPSA) is 180 Å². The maximum Gasteiger partial charge on any atom is 0.326 e. The largest absolute Gasteiger partial charge is 0.480 e. The Morgan fingerprint density at radius 2 is 1.93 bits per heavy atom. The number of rotatable bonds is 12. The van der Waals surface area contributed by atoms with Crippen molar-refractivity contribution in [3.8, 4) is 0 Å². The summed E-state index contributed by atoms with van der Waals surface area (Å²) in [6.45, 7) is 0.445. The number of hydrogen-bond acceptors (Lipinski definition) is 7. The number of carboxylic acid groups (broad SMARTS) is 1. The molecule has 0 aromatic heterocycles. The minimum absolute atomic E-state index is 0.250. The van der Waals surface area contributed by atoms with Gasteiger partial charge in [0, 0.05) is 0 Å². The van der Waals surface area contributed by atoms with Crippen LogP contribution >= 0.6 is 11.8 Å². The SMILES string of the molecule is CSCCC(NC(=O)CNC(=O)C1CCCN1)C(=O)NC(CC(N)=O)C(=O)O. The zero-order valence-corrected chi connectivity index (χ0v) is 16.5. The van der Waals surface area contributed by atoms with Crippen molar-refractivity contribution < 1.29 is 29.1 Å². The highest BCUT2D eigenvalue weighted by molar-refractivity contribution is 7.98. The molecule has 28 heavy (non-hydrogen) atoms. The summed E-state index contributed by atoms with van der Waals surface area (Å²) in [6, 6.07) is -2.81. The summed E-state index contributed by atoms with van der Waals surface area (Å²) >= 11 is 1.45. The second-order valence-corrected chi connectivity index (χ2v) is 7.32. The van der Waals surface area contributed by atoms with Crippen LogP contribution in [0.2, 0.25) is 0 Å². The van der Waals surface area contributed by atoms with Crippen molar-refractivity contribution in [1.82, 2.24) is 21.3 Å². The Hall–Kier alpha value is -2.34. The maximum absolute atomic E-state index is 12.4. The van der Waals surface area contributed by atoms with Crippen molar-refractivity contribution in [2.45, 2.75) is 43.8 Å². The summed E-state index contributed by atoms with van der Waals surface area (Å²) in [5.74, 6) is -3.34. The Labute approximate surface area is 166 Å². The molecule has 7 N–H and O–H groups in total. The van der Waals surface area contributed by atoms with E-state index < -0.39 is 42.2 Å². The second-order valence-electron chi connectivity index (χ2n) is 6.34. The summed E-state index contributed by atoms with van der Waals surface area (Å²) < 4.78 is 0. The van der Waals surface area contributed by atoms with E-state index >= 15 is 0 Å². The third-order valence-corrected chi connectivity index (χ3v) is 4.73. The van der Waals surface area contributed by atoms with Crippen LogP contribution in [-0.4, -0.2) is 77.9 Å². The first-order chi connectivity index (χ1) is 13.2. The van der Waals surface area contributed by atoms with Crippen molar-refractivity contribution in [2.24, 2.45) is 5.73 Å². The highest BCUT2D eigenvalue weighted by Crippen LogP contribution is 2.05. The van der Waals surface area contributed by atoms with Crippen LogP contribution in [0.25, 0.3) is 0 Å². The Bertz CT molecular complexity index is 596. The maximum atomic E-state index is 12.4. The van der Waals surface area contributed by atoms with Crippen LogP contribution in [0.5, 0.6) is 0 Å². The van der Waals surface area contributed by atoms with Crippen molar-refractivity contribution in [3.05, 3.63) is 0 Å². The molecule has 1 aliphatic heterocycles. The van der Waals surface area contributed by atoms with Gasteiger partial charge in [0.15, 0.2) is 0 Å². The fraction of sp³-hybridized carbons (Fsp3) is 0.688. The van der Waals surface area contributed by atoms with E-state index in [4.69, 9.17) is 10.8 Å². The van der Waals surface area contributed by atoms with Gasteiger partial charge in [0.05, 0.1) is 19.0 Å². The van der Waals surface area contributed by atoms with Gasteiger partial charge in [0.1, 0.15) is 12.1 Å². The Kier molecular flexibility index (Phi) is 10.3. The number of primary amides is 1. The van der Waals surface area contributed by atoms with Crippen LogP contribution in [0.1, 0.15) is 25.7 Å². The monoisotopic (exact) mass is 417 g/mol. The molecule has 0 aromatic rings. The molecule has 0 aliphatic carbocycles. The van der Waals surface area contributed by atoms with E-state index in [2.05, 4.69) is 21.3 Å². The average Bonchev–Trinajstić information content (AvgIpc) is 3.16. The molecule has 158 valence electrons. The number of aliphatic carboxylic acids is 1. The van der Waals surface area contributed by atoms with Gasteiger partial charge in [0.25, 0.3) is 0 Å². The summed E-state index contributed by atoms with van der Waals surface area (Å²) in [5.41, 5.74) is 4.99. The van der Waals surface area contributed by atoms with E-state index in [0.29, 0.717) is 12.2 Å². The zero-order valence-electron chi connectivity index (χ0n) is 15.7. The summed E-state index contributed by atoms with van der Waals surface area (Å²) in [5, 5.41) is 19.3. The van der Waals surface area contributed by atoms with Gasteiger partial charge in [-0.3, -0.25) is 19.2 Å². The third-order valence-electron chi connectivity index (χ3n) is 4.08. The van der Waals surface area contributed by atoms with Gasteiger partial charge in [-0.2, -0.15) is 11.8 Å². The number of amides is 4. The van der Waals surface area contributed by atoms with E-state index in [9.17, 15) is 24.0 Å². The summed E-state index contributed by atoms with van der Waals surface area (Å²) in [4.78, 5) is 58.5. The molecular formula is C16H27N5O6S. The Morgan fingerprint density at radius 3 is 2.46 bits per heavy atom.